The third-order valence-corrected chi connectivity index (χ3v) is 7.56. The summed E-state index contributed by atoms with van der Waals surface area (Å²) < 4.78 is 5.75. The lowest BCUT2D eigenvalue weighted by molar-refractivity contribution is 0.103. The molecule has 0 saturated carbocycles. The minimum atomic E-state index is 0. The van der Waals surface area contributed by atoms with Crippen LogP contribution in [0.5, 0.6) is 0 Å². The zero-order chi connectivity index (χ0) is 21.0. The van der Waals surface area contributed by atoms with Gasteiger partial charge in [-0.05, 0) is 43.5 Å². The molecule has 5 rings (SSSR count). The van der Waals surface area contributed by atoms with Gasteiger partial charge >= 0.3 is 0 Å². The Labute approximate surface area is 200 Å². The molecule has 0 amide bonds. The van der Waals surface area contributed by atoms with E-state index in [0.717, 1.165) is 44.8 Å². The summed E-state index contributed by atoms with van der Waals surface area (Å²) in [7, 11) is 1.81. The van der Waals surface area contributed by atoms with Crippen LogP contribution >= 0.6 is 23.7 Å². The van der Waals surface area contributed by atoms with Crippen LogP contribution < -0.4 is 4.90 Å². The highest BCUT2D eigenvalue weighted by Crippen LogP contribution is 2.42. The van der Waals surface area contributed by atoms with Crippen molar-refractivity contribution >= 4 is 29.6 Å². The largest absolute Gasteiger partial charge is 0.376 e. The number of piperazine rings is 1. The van der Waals surface area contributed by atoms with Crippen LogP contribution in [0.1, 0.15) is 34.4 Å². The van der Waals surface area contributed by atoms with E-state index in [1.54, 1.807) is 0 Å². The number of nitrogens with zero attached hydrogens (tertiary/aromatic N) is 4. The molecule has 3 heterocycles. The van der Waals surface area contributed by atoms with Crippen molar-refractivity contribution in [1.29, 1.82) is 0 Å². The molecule has 170 valence electrons. The number of aryl methyl sites for hydroxylation is 1. The molecule has 0 radical (unpaired) electrons. The van der Waals surface area contributed by atoms with E-state index in [2.05, 4.69) is 51.2 Å². The Kier molecular flexibility index (Phi) is 7.79. The number of hydrogen-bond acceptors (Lipinski definition) is 6. The van der Waals surface area contributed by atoms with E-state index in [1.807, 2.05) is 30.7 Å². The van der Waals surface area contributed by atoms with Crippen LogP contribution in [-0.2, 0) is 17.6 Å². The van der Waals surface area contributed by atoms with Crippen molar-refractivity contribution in [3.8, 4) is 11.3 Å². The predicted octanol–water partition coefficient (Wildman–Crippen LogP) is 5.02. The number of halogens is 1. The molecule has 1 aliphatic heterocycles. The first-order chi connectivity index (χ1) is 15.3. The van der Waals surface area contributed by atoms with Gasteiger partial charge in [-0.1, -0.05) is 30.3 Å². The number of thiazole rings is 1. The van der Waals surface area contributed by atoms with Crippen LogP contribution in [0.15, 0.2) is 48.7 Å². The van der Waals surface area contributed by atoms with Crippen LogP contribution in [0.2, 0.25) is 0 Å². The topological polar surface area (TPSA) is 41.5 Å². The highest BCUT2D eigenvalue weighted by molar-refractivity contribution is 7.12. The Bertz CT molecular complexity index is 1000. The Morgan fingerprint density at radius 1 is 1.03 bits per heavy atom. The van der Waals surface area contributed by atoms with E-state index in [4.69, 9.17) is 9.72 Å². The van der Waals surface area contributed by atoms with Crippen molar-refractivity contribution in [2.24, 2.45) is 0 Å². The van der Waals surface area contributed by atoms with Crippen molar-refractivity contribution in [3.05, 3.63) is 64.1 Å². The second-order valence-corrected chi connectivity index (χ2v) is 9.54. The van der Waals surface area contributed by atoms with Crippen molar-refractivity contribution in [2.45, 2.75) is 31.8 Å². The minimum absolute atomic E-state index is 0. The zero-order valence-electron chi connectivity index (χ0n) is 18.6. The quantitative estimate of drug-likeness (QED) is 0.454. The average molecular weight is 471 g/mol. The molecular weight excluding hydrogens is 440 g/mol. The summed E-state index contributed by atoms with van der Waals surface area (Å²) in [5.41, 5.74) is 3.72. The van der Waals surface area contributed by atoms with Crippen molar-refractivity contribution in [1.82, 2.24) is 14.9 Å². The first-order valence-electron chi connectivity index (χ1n) is 11.3. The third kappa shape index (κ3) is 4.99. The molecular formula is C25H31ClN4OS. The summed E-state index contributed by atoms with van der Waals surface area (Å²) in [4.78, 5) is 15.9. The van der Waals surface area contributed by atoms with Gasteiger partial charge in [-0.15, -0.1) is 23.7 Å². The molecule has 1 aromatic carbocycles. The van der Waals surface area contributed by atoms with Gasteiger partial charge in [0.05, 0.1) is 16.8 Å². The molecule has 3 aromatic rings. The fourth-order valence-electron chi connectivity index (χ4n) is 4.69. The van der Waals surface area contributed by atoms with Crippen molar-refractivity contribution in [3.63, 3.8) is 0 Å². The van der Waals surface area contributed by atoms with Gasteiger partial charge in [0.1, 0.15) is 5.82 Å². The molecule has 7 heteroatoms. The maximum atomic E-state index is 5.75. The molecule has 1 fully saturated rings. The smallest absolute Gasteiger partial charge is 0.128 e. The number of rotatable bonds is 7. The highest BCUT2D eigenvalue weighted by Gasteiger charge is 2.27. The Morgan fingerprint density at radius 3 is 2.62 bits per heavy atom. The number of unbranched alkanes of at least 4 members (excludes halogenated alkanes) is 1. The van der Waals surface area contributed by atoms with Gasteiger partial charge in [0, 0.05) is 56.3 Å². The first kappa shape index (κ1) is 23.2. The molecule has 32 heavy (non-hydrogen) atoms. The number of pyridine rings is 1. The van der Waals surface area contributed by atoms with Gasteiger partial charge in [0.15, 0.2) is 0 Å². The monoisotopic (exact) mass is 470 g/mol. The second kappa shape index (κ2) is 10.8. The number of ether oxygens (including phenoxy) is 1. The number of methoxy groups -OCH3 is 1. The van der Waals surface area contributed by atoms with E-state index >= 15 is 0 Å². The summed E-state index contributed by atoms with van der Waals surface area (Å²) in [6.45, 7) is 5.55. The maximum absolute atomic E-state index is 5.75. The fraction of sp³-hybridized carbons (Fsp3) is 0.440. The SMILES string of the molecule is COC1Cc2sc(CCCCN3CCN(c4ccccn4)CC3)nc2-c2ccccc21.Cl. The van der Waals surface area contributed by atoms with Crippen molar-refractivity contribution < 1.29 is 4.74 Å². The lowest BCUT2D eigenvalue weighted by Crippen LogP contribution is -2.46. The molecule has 0 bridgehead atoms. The van der Waals surface area contributed by atoms with E-state index < -0.39 is 0 Å². The summed E-state index contributed by atoms with van der Waals surface area (Å²) in [5, 5.41) is 1.27. The molecule has 0 N–H and O–H groups in total. The summed E-state index contributed by atoms with van der Waals surface area (Å²) in [6.07, 6.45) is 6.48. The average Bonchev–Trinajstić information content (AvgIpc) is 3.25. The second-order valence-electron chi connectivity index (χ2n) is 8.37. The fourth-order valence-corrected chi connectivity index (χ4v) is 5.85. The third-order valence-electron chi connectivity index (χ3n) is 6.42. The minimum Gasteiger partial charge on any atom is -0.376 e. The van der Waals surface area contributed by atoms with Gasteiger partial charge in [-0.25, -0.2) is 9.97 Å². The van der Waals surface area contributed by atoms with E-state index in [0.29, 0.717) is 0 Å². The van der Waals surface area contributed by atoms with Gasteiger partial charge in [-0.2, -0.15) is 0 Å². The van der Waals surface area contributed by atoms with Crippen LogP contribution in [0.4, 0.5) is 5.82 Å². The van der Waals surface area contributed by atoms with Gasteiger partial charge < -0.3 is 9.64 Å². The first-order valence-corrected chi connectivity index (χ1v) is 12.1. The molecule has 1 atom stereocenters. The Morgan fingerprint density at radius 2 is 1.84 bits per heavy atom. The summed E-state index contributed by atoms with van der Waals surface area (Å²) in [6, 6.07) is 14.7. The predicted molar refractivity (Wildman–Crippen MR) is 134 cm³/mol. The molecule has 5 nitrogen and oxygen atoms in total. The van der Waals surface area contributed by atoms with Gasteiger partial charge in [-0.3, -0.25) is 4.90 Å². The number of anilines is 1. The lowest BCUT2D eigenvalue weighted by Gasteiger charge is -2.35. The number of fused-ring (bicyclic) bond motifs is 3. The van der Waals surface area contributed by atoms with Crippen LogP contribution in [0.25, 0.3) is 11.3 Å². The number of benzene rings is 1. The molecule has 1 aliphatic carbocycles. The Hall–Kier alpha value is -1.99. The number of aromatic nitrogens is 2. The van der Waals surface area contributed by atoms with Gasteiger partial charge in [0.25, 0.3) is 0 Å². The Balaban J connectivity index is 0.00000245. The van der Waals surface area contributed by atoms with Gasteiger partial charge in [0.2, 0.25) is 0 Å². The lowest BCUT2D eigenvalue weighted by atomic mass is 9.91. The molecule has 0 spiro atoms. The van der Waals surface area contributed by atoms with Crippen LogP contribution in [-0.4, -0.2) is 54.7 Å². The molecule has 2 aromatic heterocycles. The van der Waals surface area contributed by atoms with Crippen LogP contribution in [0.3, 0.4) is 0 Å². The highest BCUT2D eigenvalue weighted by atomic mass is 35.5. The van der Waals surface area contributed by atoms with Crippen LogP contribution in [0, 0.1) is 0 Å². The molecule has 1 unspecified atom stereocenters. The van der Waals surface area contributed by atoms with Crippen molar-refractivity contribution in [2.75, 3.05) is 44.7 Å². The molecule has 2 aliphatic rings. The summed E-state index contributed by atoms with van der Waals surface area (Å²) >= 11 is 1.88. The molecule has 1 saturated heterocycles. The number of hydrogen-bond donors (Lipinski definition) is 0. The zero-order valence-corrected chi connectivity index (χ0v) is 20.2. The van der Waals surface area contributed by atoms with E-state index in [1.165, 1.54) is 46.1 Å². The van der Waals surface area contributed by atoms with E-state index in [-0.39, 0.29) is 18.5 Å². The standard InChI is InChI=1S/C25H30N4OS.ClH/c1-30-21-18-22-25(20-9-3-2-8-19(20)21)27-24(31-22)11-5-7-13-28-14-16-29(17-15-28)23-10-4-6-12-26-23;/h2-4,6,8-10,12,21H,5,7,11,13-18H2,1H3;1H. The maximum Gasteiger partial charge on any atom is 0.128 e. The summed E-state index contributed by atoms with van der Waals surface area (Å²) in [5.74, 6) is 1.10. The normalized spacial score (nSPS) is 18.0. The van der Waals surface area contributed by atoms with E-state index in [9.17, 15) is 0 Å².